The average molecular weight is 605 g/mol. The third-order valence-electron chi connectivity index (χ3n) is 10.6. The number of nitrogens with zero attached hydrogens (tertiary/aromatic N) is 1. The lowest BCUT2D eigenvalue weighted by Crippen LogP contribution is -2.60. The van der Waals surface area contributed by atoms with Crippen LogP contribution in [0.5, 0.6) is 0 Å². The van der Waals surface area contributed by atoms with Crippen molar-refractivity contribution in [1.29, 1.82) is 0 Å². The van der Waals surface area contributed by atoms with Gasteiger partial charge >= 0.3 is 11.9 Å². The lowest BCUT2D eigenvalue weighted by Gasteiger charge is -2.47. The number of quaternary nitrogens is 1. The van der Waals surface area contributed by atoms with E-state index in [1.165, 1.54) is 75.4 Å². The van der Waals surface area contributed by atoms with E-state index in [0.29, 0.717) is 29.6 Å². The predicted octanol–water partition coefficient (Wildman–Crippen LogP) is 8.21. The molecular weight excluding hydrogens is 550 g/mol. The molecule has 2 bridgehead atoms. The van der Waals surface area contributed by atoms with Crippen molar-refractivity contribution < 1.29 is 28.3 Å². The Labute approximate surface area is 265 Å². The molecule has 6 heteroatoms. The van der Waals surface area contributed by atoms with Gasteiger partial charge in [0.1, 0.15) is 6.10 Å². The van der Waals surface area contributed by atoms with Gasteiger partial charge in [-0.2, -0.15) is 0 Å². The zero-order chi connectivity index (χ0) is 30.8. The van der Waals surface area contributed by atoms with Crippen molar-refractivity contribution in [2.45, 2.75) is 140 Å². The van der Waals surface area contributed by atoms with Crippen molar-refractivity contribution in [3.05, 3.63) is 71.8 Å². The van der Waals surface area contributed by atoms with Crippen molar-refractivity contribution in [2.24, 2.45) is 0 Å². The van der Waals surface area contributed by atoms with E-state index < -0.39 is 17.9 Å². The molecule has 2 aromatic carbocycles. The fourth-order valence-electron chi connectivity index (χ4n) is 8.39. The molecule has 0 N–H and O–H groups in total. The Balaban J connectivity index is 1.28. The maximum atomic E-state index is 14.5. The average Bonchev–Trinajstić information content (AvgIpc) is 3.58. The molecule has 0 saturated carbocycles. The van der Waals surface area contributed by atoms with Crippen molar-refractivity contribution in [3.63, 3.8) is 0 Å². The van der Waals surface area contributed by atoms with Crippen LogP contribution in [0.4, 0.5) is 0 Å². The minimum atomic E-state index is -1.56. The van der Waals surface area contributed by atoms with Gasteiger partial charge in [-0.25, -0.2) is 4.79 Å². The maximum Gasteiger partial charge on any atom is 0.348 e. The monoisotopic (exact) mass is 604 g/mol. The molecule has 1 spiro atoms. The fraction of sp³-hybridized carbons (Fsp3) is 0.632. The lowest BCUT2D eigenvalue weighted by molar-refractivity contribution is -0.956. The number of unbranched alkanes of at least 4 members (excludes halogenated alkanes) is 7. The molecule has 3 aliphatic heterocycles. The summed E-state index contributed by atoms with van der Waals surface area (Å²) in [5.41, 5.74) is -0.218. The van der Waals surface area contributed by atoms with Gasteiger partial charge < -0.3 is 18.7 Å². The molecule has 5 rings (SSSR count). The van der Waals surface area contributed by atoms with Crippen LogP contribution < -0.4 is 0 Å². The summed E-state index contributed by atoms with van der Waals surface area (Å²) in [6.07, 6.45) is 15.4. The van der Waals surface area contributed by atoms with Gasteiger partial charge in [0, 0.05) is 44.9 Å². The summed E-state index contributed by atoms with van der Waals surface area (Å²) in [5, 5.41) is 0. The number of esters is 2. The maximum absolute atomic E-state index is 14.5. The van der Waals surface area contributed by atoms with Crippen LogP contribution >= 0.6 is 0 Å². The summed E-state index contributed by atoms with van der Waals surface area (Å²) < 4.78 is 20.1. The number of ether oxygens (including phenoxy) is 3. The highest BCUT2D eigenvalue weighted by molar-refractivity contribution is 5.86. The van der Waals surface area contributed by atoms with Crippen LogP contribution in [0, 0.1) is 0 Å². The summed E-state index contributed by atoms with van der Waals surface area (Å²) in [5.74, 6) is -0.726. The first-order chi connectivity index (χ1) is 21.5. The summed E-state index contributed by atoms with van der Waals surface area (Å²) in [6, 6.07) is 20.2. The third kappa shape index (κ3) is 7.39. The van der Waals surface area contributed by atoms with Crippen LogP contribution in [-0.4, -0.2) is 54.0 Å². The van der Waals surface area contributed by atoms with Gasteiger partial charge in [-0.05, 0) is 24.5 Å². The Morgan fingerprint density at radius 2 is 1.32 bits per heavy atom. The smallest absolute Gasteiger partial charge is 0.348 e. The number of piperidine rings is 1. The second-order valence-corrected chi connectivity index (χ2v) is 13.5. The Hall–Kier alpha value is -2.70. The van der Waals surface area contributed by atoms with Crippen LogP contribution in [0.3, 0.4) is 0 Å². The van der Waals surface area contributed by atoms with Crippen molar-refractivity contribution in [1.82, 2.24) is 0 Å². The molecular formula is C38H54NO5+. The summed E-state index contributed by atoms with van der Waals surface area (Å²) in [7, 11) is 0. The van der Waals surface area contributed by atoms with Crippen LogP contribution in [0.2, 0.25) is 0 Å². The van der Waals surface area contributed by atoms with Gasteiger partial charge in [0.05, 0.1) is 25.2 Å². The Morgan fingerprint density at radius 3 is 1.86 bits per heavy atom. The second kappa shape index (κ2) is 15.5. The normalized spacial score (nSPS) is 23.0. The zero-order valence-corrected chi connectivity index (χ0v) is 27.1. The summed E-state index contributed by atoms with van der Waals surface area (Å²) in [6.45, 7) is 6.49. The first kappa shape index (κ1) is 32.7. The number of hydrogen-bond acceptors (Lipinski definition) is 5. The molecule has 0 aromatic heterocycles. The highest BCUT2D eigenvalue weighted by Crippen LogP contribution is 2.47. The molecule has 3 unspecified atom stereocenters. The highest BCUT2D eigenvalue weighted by atomic mass is 16.7. The van der Waals surface area contributed by atoms with Crippen LogP contribution in [0.15, 0.2) is 60.7 Å². The van der Waals surface area contributed by atoms with Crippen molar-refractivity contribution in [3.8, 4) is 0 Å². The van der Waals surface area contributed by atoms with E-state index in [2.05, 4.69) is 6.92 Å². The van der Waals surface area contributed by atoms with E-state index >= 15 is 0 Å². The standard InChI is InChI=1S/C38H54NO5/c1-3-4-5-6-7-8-9-16-23-36(40)42-30(2)44-38(31-19-12-10-13-20-31,32-21-14-11-15-22-32)37(41)43-35-28-33-24-25-34(29-35)39(33)26-17-18-27-39/h10-15,19-22,30,33-35H,3-9,16-18,23-29H2,1-2H3/q+1. The molecule has 3 heterocycles. The molecule has 6 nitrogen and oxygen atoms in total. The molecule has 0 amide bonds. The topological polar surface area (TPSA) is 61.8 Å². The Morgan fingerprint density at radius 1 is 0.795 bits per heavy atom. The number of rotatable bonds is 16. The molecule has 44 heavy (non-hydrogen) atoms. The number of carbonyl (C=O) groups is 2. The lowest BCUT2D eigenvalue weighted by atomic mass is 9.85. The van der Waals surface area contributed by atoms with Gasteiger partial charge in [0.15, 0.2) is 0 Å². The van der Waals surface area contributed by atoms with Gasteiger partial charge in [-0.15, -0.1) is 0 Å². The van der Waals surface area contributed by atoms with E-state index in [-0.39, 0.29) is 12.1 Å². The second-order valence-electron chi connectivity index (χ2n) is 13.5. The van der Waals surface area contributed by atoms with E-state index in [9.17, 15) is 9.59 Å². The van der Waals surface area contributed by atoms with Crippen LogP contribution in [-0.2, 0) is 29.4 Å². The fourth-order valence-corrected chi connectivity index (χ4v) is 8.39. The van der Waals surface area contributed by atoms with Gasteiger partial charge in [-0.1, -0.05) is 113 Å². The predicted molar refractivity (Wildman–Crippen MR) is 173 cm³/mol. The minimum Gasteiger partial charge on any atom is -0.459 e. The Kier molecular flexibility index (Phi) is 11.5. The SMILES string of the molecule is CCCCCCCCCCC(=O)OC(C)OC(C(=O)OC1CC2CCC(C1)[N+]21CCCC1)(c1ccccc1)c1ccccc1. The van der Waals surface area contributed by atoms with E-state index in [1.54, 1.807) is 6.92 Å². The van der Waals surface area contributed by atoms with Crippen LogP contribution in [0.25, 0.3) is 0 Å². The molecule has 2 aromatic rings. The van der Waals surface area contributed by atoms with Gasteiger partial charge in [0.25, 0.3) is 0 Å². The molecule has 3 saturated heterocycles. The first-order valence-corrected chi connectivity index (χ1v) is 17.5. The number of benzene rings is 2. The van der Waals surface area contributed by atoms with Gasteiger partial charge in [-0.3, -0.25) is 4.79 Å². The molecule has 240 valence electrons. The van der Waals surface area contributed by atoms with E-state index in [1.807, 2.05) is 60.7 Å². The Bertz CT molecular complexity index is 1120. The highest BCUT2D eigenvalue weighted by Gasteiger charge is 2.57. The summed E-state index contributed by atoms with van der Waals surface area (Å²) >= 11 is 0. The van der Waals surface area contributed by atoms with Crippen molar-refractivity contribution >= 4 is 11.9 Å². The van der Waals surface area contributed by atoms with E-state index in [0.717, 1.165) is 32.1 Å². The zero-order valence-electron chi connectivity index (χ0n) is 27.1. The van der Waals surface area contributed by atoms with Crippen molar-refractivity contribution in [2.75, 3.05) is 13.1 Å². The first-order valence-electron chi connectivity index (χ1n) is 17.5. The third-order valence-corrected chi connectivity index (χ3v) is 10.6. The largest absolute Gasteiger partial charge is 0.459 e. The number of hydrogen-bond donors (Lipinski definition) is 0. The molecule has 3 aliphatic rings. The molecule has 3 fully saturated rings. The summed E-state index contributed by atoms with van der Waals surface area (Å²) in [4.78, 5) is 27.4. The van der Waals surface area contributed by atoms with Crippen LogP contribution in [0.1, 0.15) is 121 Å². The quantitative estimate of drug-likeness (QED) is 0.0836. The molecule has 0 radical (unpaired) electrons. The number of carbonyl (C=O) groups excluding carboxylic acids is 2. The molecule has 3 atom stereocenters. The van der Waals surface area contributed by atoms with Gasteiger partial charge in [0.2, 0.25) is 11.9 Å². The molecule has 0 aliphatic carbocycles. The minimum absolute atomic E-state index is 0.139. The van der Waals surface area contributed by atoms with E-state index in [4.69, 9.17) is 14.2 Å².